The van der Waals surface area contributed by atoms with Crippen LogP contribution in [0, 0.1) is 0 Å². The fourth-order valence-corrected chi connectivity index (χ4v) is 3.49. The quantitative estimate of drug-likeness (QED) is 0.440. The number of hydrogen-bond donors (Lipinski definition) is 1. The second-order valence-electron chi connectivity index (χ2n) is 6.10. The molecular formula is C19H32BrN. The van der Waals surface area contributed by atoms with Gasteiger partial charge in [-0.15, -0.1) is 0 Å². The second kappa shape index (κ2) is 11.3. The number of hydrogen-bond acceptors (Lipinski definition) is 1. The summed E-state index contributed by atoms with van der Waals surface area (Å²) in [6.07, 6.45) is 10.7. The highest BCUT2D eigenvalue weighted by Crippen LogP contribution is 2.24. The van der Waals surface area contributed by atoms with E-state index in [0.29, 0.717) is 12.1 Å². The first-order chi connectivity index (χ1) is 10.2. The molecule has 1 atom stereocenters. The summed E-state index contributed by atoms with van der Waals surface area (Å²) in [5.41, 5.74) is 1.37. The van der Waals surface area contributed by atoms with E-state index < -0.39 is 0 Å². The van der Waals surface area contributed by atoms with Crippen LogP contribution >= 0.6 is 15.9 Å². The van der Waals surface area contributed by atoms with Gasteiger partial charge in [0.2, 0.25) is 0 Å². The first-order valence-electron chi connectivity index (χ1n) is 8.69. The predicted octanol–water partition coefficient (Wildman–Crippen LogP) is 6.63. The van der Waals surface area contributed by atoms with Crippen LogP contribution in [0.4, 0.5) is 0 Å². The number of rotatable bonds is 11. The number of halogens is 1. The van der Waals surface area contributed by atoms with Gasteiger partial charge in [-0.05, 0) is 31.4 Å². The third-order valence-corrected chi connectivity index (χ3v) is 4.89. The van der Waals surface area contributed by atoms with Crippen LogP contribution in [0.1, 0.15) is 83.7 Å². The van der Waals surface area contributed by atoms with Gasteiger partial charge in [0.05, 0.1) is 0 Å². The Hall–Kier alpha value is -0.340. The van der Waals surface area contributed by atoms with Crippen molar-refractivity contribution in [2.45, 2.75) is 84.2 Å². The van der Waals surface area contributed by atoms with E-state index >= 15 is 0 Å². The molecule has 1 aromatic rings. The van der Waals surface area contributed by atoms with Gasteiger partial charge in [-0.2, -0.15) is 0 Å². The van der Waals surface area contributed by atoms with Crippen molar-refractivity contribution in [1.82, 2.24) is 5.32 Å². The molecule has 120 valence electrons. The van der Waals surface area contributed by atoms with E-state index in [1.807, 2.05) is 0 Å². The van der Waals surface area contributed by atoms with Gasteiger partial charge in [-0.3, -0.25) is 0 Å². The molecule has 1 unspecified atom stereocenters. The zero-order valence-electron chi connectivity index (χ0n) is 14.0. The Morgan fingerprint density at radius 2 is 1.52 bits per heavy atom. The Balaban J connectivity index is 2.54. The van der Waals surface area contributed by atoms with Crippen LogP contribution in [0.3, 0.4) is 0 Å². The van der Waals surface area contributed by atoms with Gasteiger partial charge in [-0.25, -0.2) is 0 Å². The molecule has 0 aromatic heterocycles. The van der Waals surface area contributed by atoms with Crippen LogP contribution < -0.4 is 5.32 Å². The van der Waals surface area contributed by atoms with Gasteiger partial charge in [0.1, 0.15) is 0 Å². The van der Waals surface area contributed by atoms with Crippen molar-refractivity contribution in [3.63, 3.8) is 0 Å². The van der Waals surface area contributed by atoms with Crippen molar-refractivity contribution in [2.75, 3.05) is 0 Å². The van der Waals surface area contributed by atoms with E-state index in [0.717, 1.165) is 0 Å². The minimum absolute atomic E-state index is 0.411. The van der Waals surface area contributed by atoms with Crippen molar-refractivity contribution in [3.05, 3.63) is 34.3 Å². The van der Waals surface area contributed by atoms with Gasteiger partial charge < -0.3 is 5.32 Å². The van der Waals surface area contributed by atoms with Crippen molar-refractivity contribution >= 4 is 15.9 Å². The molecular weight excluding hydrogens is 322 g/mol. The summed E-state index contributed by atoms with van der Waals surface area (Å²) >= 11 is 3.67. The lowest BCUT2D eigenvalue weighted by atomic mass is 9.99. The van der Waals surface area contributed by atoms with Crippen LogP contribution in [0.15, 0.2) is 28.7 Å². The van der Waals surface area contributed by atoms with Gasteiger partial charge in [0, 0.05) is 16.6 Å². The Morgan fingerprint density at radius 1 is 0.952 bits per heavy atom. The molecule has 0 radical (unpaired) electrons. The Morgan fingerprint density at radius 3 is 2.05 bits per heavy atom. The zero-order valence-corrected chi connectivity index (χ0v) is 15.6. The lowest BCUT2D eigenvalue weighted by Crippen LogP contribution is -2.31. The lowest BCUT2D eigenvalue weighted by Gasteiger charge is -2.24. The Labute approximate surface area is 140 Å². The van der Waals surface area contributed by atoms with Gasteiger partial charge >= 0.3 is 0 Å². The average molecular weight is 354 g/mol. The molecule has 0 heterocycles. The second-order valence-corrected chi connectivity index (χ2v) is 6.95. The molecule has 1 N–H and O–H groups in total. The molecule has 0 bridgehead atoms. The molecule has 1 rings (SSSR count). The summed E-state index contributed by atoms with van der Waals surface area (Å²) in [6.45, 7) is 6.85. The van der Waals surface area contributed by atoms with Gasteiger partial charge in [0.15, 0.2) is 0 Å². The molecule has 0 aliphatic rings. The minimum atomic E-state index is 0.411. The van der Waals surface area contributed by atoms with Crippen LogP contribution in [0.5, 0.6) is 0 Å². The highest BCUT2D eigenvalue weighted by Gasteiger charge is 2.14. The van der Waals surface area contributed by atoms with Crippen molar-refractivity contribution < 1.29 is 0 Å². The average Bonchev–Trinajstić information content (AvgIpc) is 2.48. The SMILES string of the molecule is CCCCCC(CCCCC)NC(C)c1ccccc1Br. The first-order valence-corrected chi connectivity index (χ1v) is 9.48. The van der Waals surface area contributed by atoms with Crippen molar-refractivity contribution in [3.8, 4) is 0 Å². The molecule has 0 amide bonds. The monoisotopic (exact) mass is 353 g/mol. The van der Waals surface area contributed by atoms with Crippen LogP contribution in [0.25, 0.3) is 0 Å². The predicted molar refractivity (Wildman–Crippen MR) is 97.8 cm³/mol. The van der Waals surface area contributed by atoms with E-state index in [1.165, 1.54) is 61.4 Å². The largest absolute Gasteiger partial charge is 0.307 e. The first kappa shape index (κ1) is 18.7. The Kier molecular flexibility index (Phi) is 10.0. The smallest absolute Gasteiger partial charge is 0.0305 e. The van der Waals surface area contributed by atoms with Crippen molar-refractivity contribution in [1.29, 1.82) is 0 Å². The number of benzene rings is 1. The van der Waals surface area contributed by atoms with Gasteiger partial charge in [-0.1, -0.05) is 86.5 Å². The molecule has 1 aromatic carbocycles. The fourth-order valence-electron chi connectivity index (χ4n) is 2.86. The topological polar surface area (TPSA) is 12.0 Å². The lowest BCUT2D eigenvalue weighted by molar-refractivity contribution is 0.384. The van der Waals surface area contributed by atoms with E-state index in [1.54, 1.807) is 0 Å². The molecule has 0 aliphatic heterocycles. The van der Waals surface area contributed by atoms with E-state index in [-0.39, 0.29) is 0 Å². The summed E-state index contributed by atoms with van der Waals surface area (Å²) in [5, 5.41) is 3.86. The molecule has 21 heavy (non-hydrogen) atoms. The van der Waals surface area contributed by atoms with Crippen molar-refractivity contribution in [2.24, 2.45) is 0 Å². The molecule has 0 fully saturated rings. The number of unbranched alkanes of at least 4 members (excludes halogenated alkanes) is 4. The maximum Gasteiger partial charge on any atom is 0.0305 e. The summed E-state index contributed by atoms with van der Waals surface area (Å²) in [7, 11) is 0. The molecule has 0 aliphatic carbocycles. The molecule has 0 saturated heterocycles. The van der Waals surface area contributed by atoms with Crippen LogP contribution in [-0.4, -0.2) is 6.04 Å². The van der Waals surface area contributed by atoms with E-state index in [2.05, 4.69) is 66.3 Å². The highest BCUT2D eigenvalue weighted by atomic mass is 79.9. The Bertz CT molecular complexity index is 368. The summed E-state index contributed by atoms with van der Waals surface area (Å²) < 4.78 is 1.21. The maximum atomic E-state index is 3.86. The summed E-state index contributed by atoms with van der Waals surface area (Å²) in [4.78, 5) is 0. The van der Waals surface area contributed by atoms with E-state index in [4.69, 9.17) is 0 Å². The third-order valence-electron chi connectivity index (χ3n) is 4.17. The fraction of sp³-hybridized carbons (Fsp3) is 0.684. The highest BCUT2D eigenvalue weighted by molar-refractivity contribution is 9.10. The molecule has 2 heteroatoms. The number of nitrogens with one attached hydrogen (secondary N) is 1. The molecule has 0 saturated carbocycles. The van der Waals surface area contributed by atoms with Crippen LogP contribution in [-0.2, 0) is 0 Å². The standard InChI is InChI=1S/C19H32BrN/c1-4-6-8-12-17(13-9-7-5-2)21-16(3)18-14-10-11-15-19(18)20/h10-11,14-17,21H,4-9,12-13H2,1-3H3. The zero-order chi connectivity index (χ0) is 15.5. The molecule has 0 spiro atoms. The normalized spacial score (nSPS) is 12.8. The van der Waals surface area contributed by atoms with Crippen LogP contribution in [0.2, 0.25) is 0 Å². The summed E-state index contributed by atoms with van der Waals surface area (Å²) in [5.74, 6) is 0. The third kappa shape index (κ3) is 7.46. The summed E-state index contributed by atoms with van der Waals surface area (Å²) in [6, 6.07) is 9.63. The van der Waals surface area contributed by atoms with E-state index in [9.17, 15) is 0 Å². The molecule has 1 nitrogen and oxygen atoms in total. The maximum absolute atomic E-state index is 3.86. The van der Waals surface area contributed by atoms with Gasteiger partial charge in [0.25, 0.3) is 0 Å². The minimum Gasteiger partial charge on any atom is -0.307 e.